The van der Waals surface area contributed by atoms with Crippen LogP contribution in [0.15, 0.2) is 24.3 Å². The van der Waals surface area contributed by atoms with Gasteiger partial charge in [0, 0.05) is 22.9 Å². The number of hydrogen-bond acceptors (Lipinski definition) is 6. The number of benzene rings is 1. The molecule has 0 amide bonds. The van der Waals surface area contributed by atoms with Gasteiger partial charge in [-0.05, 0) is 38.1 Å². The minimum absolute atomic E-state index is 0. The molecule has 4 aliphatic rings. The Morgan fingerprint density at radius 2 is 1.68 bits per heavy atom. The van der Waals surface area contributed by atoms with Crippen LogP contribution in [0.1, 0.15) is 17.5 Å². The number of piperidine rings is 1. The molecule has 1 aromatic rings. The van der Waals surface area contributed by atoms with Gasteiger partial charge in [0.1, 0.15) is 12.2 Å². The van der Waals surface area contributed by atoms with Crippen molar-refractivity contribution in [3.63, 3.8) is 0 Å². The quantitative estimate of drug-likeness (QED) is 0.215. The van der Waals surface area contributed by atoms with Crippen molar-refractivity contribution in [2.45, 2.75) is 36.5 Å². The maximum absolute atomic E-state index is 10.4. The van der Waals surface area contributed by atoms with Crippen LogP contribution in [0.5, 0.6) is 11.5 Å². The number of phenols is 1. The Morgan fingerprint density at radius 1 is 1.10 bits per heavy atom. The topological polar surface area (TPSA) is 285 Å². The number of hydrogen-bond donors (Lipinski definition) is 4. The van der Waals surface area contributed by atoms with E-state index in [1.165, 1.54) is 11.1 Å². The average Bonchev–Trinajstić information content (AvgIpc) is 2.89. The smallest absolute Gasteiger partial charge is 0.394 e. The third-order valence-electron chi connectivity index (χ3n) is 6.15. The molecule has 1 aromatic carbocycles. The third kappa shape index (κ3) is 4.68. The van der Waals surface area contributed by atoms with E-state index in [4.69, 9.17) is 22.3 Å². The molecule has 14 N–H and O–H groups in total. The summed E-state index contributed by atoms with van der Waals surface area (Å²) in [7, 11) is -2.48. The molecule has 14 heteroatoms. The summed E-state index contributed by atoms with van der Waals surface area (Å²) in [6, 6.07) is 4.23. The monoisotopic (exact) mass is 473 g/mol. The van der Waals surface area contributed by atoms with Gasteiger partial charge < -0.3 is 47.2 Å². The van der Waals surface area contributed by atoms with Crippen molar-refractivity contribution in [3.05, 3.63) is 35.4 Å². The molecule has 2 aliphatic heterocycles. The van der Waals surface area contributed by atoms with Crippen LogP contribution < -0.4 is 4.74 Å². The van der Waals surface area contributed by atoms with Crippen LogP contribution in [-0.2, 0) is 22.2 Å². The van der Waals surface area contributed by atoms with Crippen LogP contribution in [0, 0.1) is 5.92 Å². The summed E-state index contributed by atoms with van der Waals surface area (Å²) in [5.41, 5.74) is 2.29. The highest BCUT2D eigenvalue weighted by atomic mass is 32.3. The van der Waals surface area contributed by atoms with Crippen LogP contribution >= 0.6 is 0 Å². The fourth-order valence-corrected chi connectivity index (χ4v) is 5.24. The van der Waals surface area contributed by atoms with E-state index in [1.54, 1.807) is 6.07 Å². The number of likely N-dealkylation sites (tertiary alicyclic amines) is 1. The summed E-state index contributed by atoms with van der Waals surface area (Å²) in [5.74, 6) is 1.19. The van der Waals surface area contributed by atoms with Gasteiger partial charge in [0.25, 0.3) is 0 Å². The van der Waals surface area contributed by atoms with Crippen molar-refractivity contribution >= 4 is 10.4 Å². The van der Waals surface area contributed by atoms with Gasteiger partial charge in [-0.1, -0.05) is 18.2 Å². The minimum Gasteiger partial charge on any atom is -0.504 e. The molecular formula is C17H31NO12S. The Morgan fingerprint density at radius 3 is 2.26 bits per heavy atom. The summed E-state index contributed by atoms with van der Waals surface area (Å²) < 4.78 is 37.7. The summed E-state index contributed by atoms with van der Waals surface area (Å²) >= 11 is 0. The van der Waals surface area contributed by atoms with E-state index in [2.05, 4.69) is 18.0 Å². The maximum Gasteiger partial charge on any atom is 0.394 e. The third-order valence-corrected chi connectivity index (χ3v) is 6.15. The van der Waals surface area contributed by atoms with Gasteiger partial charge in [0.15, 0.2) is 11.5 Å². The molecule has 2 heterocycles. The number of nitrogens with zero attached hydrogens (tertiary/aromatic N) is 1. The molecule has 5 rings (SSSR count). The van der Waals surface area contributed by atoms with Gasteiger partial charge in [-0.15, -0.1) is 0 Å². The van der Waals surface area contributed by atoms with E-state index in [-0.39, 0.29) is 44.6 Å². The predicted octanol–water partition coefficient (Wildman–Crippen LogP) is -3.58. The summed E-state index contributed by atoms with van der Waals surface area (Å²) in [4.78, 5) is 2.43. The molecule has 0 saturated carbocycles. The van der Waals surface area contributed by atoms with E-state index in [0.29, 0.717) is 17.7 Å². The van der Waals surface area contributed by atoms with Crippen molar-refractivity contribution in [1.82, 2.24) is 4.90 Å². The maximum atomic E-state index is 10.4. The predicted molar refractivity (Wildman–Crippen MR) is 110 cm³/mol. The van der Waals surface area contributed by atoms with Crippen LogP contribution in [-0.4, -0.2) is 91.9 Å². The highest BCUT2D eigenvalue weighted by Crippen LogP contribution is 2.62. The van der Waals surface area contributed by atoms with Gasteiger partial charge >= 0.3 is 10.4 Å². The fourth-order valence-electron chi connectivity index (χ4n) is 5.24. The second-order valence-corrected chi connectivity index (χ2v) is 8.27. The van der Waals surface area contributed by atoms with Crippen molar-refractivity contribution in [1.29, 1.82) is 0 Å². The van der Waals surface area contributed by atoms with Crippen LogP contribution in [0.3, 0.4) is 0 Å². The first-order valence-electron chi connectivity index (χ1n) is 8.41. The Bertz CT molecular complexity index is 883. The first-order chi connectivity index (χ1) is 12.1. The molecule has 31 heavy (non-hydrogen) atoms. The number of likely N-dealkylation sites (N-methyl/N-ethyl adjacent to an activating group) is 1. The van der Waals surface area contributed by atoms with Crippen molar-refractivity contribution in [3.8, 4) is 11.5 Å². The molecular weight excluding hydrogens is 442 g/mol. The summed E-state index contributed by atoms with van der Waals surface area (Å²) in [6.45, 7) is 1.01. The van der Waals surface area contributed by atoms with Crippen LogP contribution in [0.2, 0.25) is 0 Å². The minimum atomic E-state index is -4.67. The van der Waals surface area contributed by atoms with Gasteiger partial charge in [-0.2, -0.15) is 8.42 Å². The SMILES string of the molecule is CN1CC[C@]23c4c5ccc(O)c4O[C@H]2[C@@H](O)C=C[C@H]3[C@H]1C5.O.O.O.O.O.O=S(=O)(O)O. The molecule has 5 atom stereocenters. The van der Waals surface area contributed by atoms with Crippen LogP contribution in [0.4, 0.5) is 0 Å². The lowest BCUT2D eigenvalue weighted by atomic mass is 9.53. The summed E-state index contributed by atoms with van der Waals surface area (Å²) in [6.07, 6.45) is 5.18. The van der Waals surface area contributed by atoms with E-state index < -0.39 is 16.5 Å². The normalized spacial score (nSPS) is 30.7. The van der Waals surface area contributed by atoms with E-state index in [1.807, 2.05) is 12.1 Å². The zero-order valence-corrected chi connectivity index (χ0v) is 17.4. The summed E-state index contributed by atoms with van der Waals surface area (Å²) in [5, 5.41) is 20.6. The molecule has 1 fully saturated rings. The van der Waals surface area contributed by atoms with Gasteiger partial charge in [0.2, 0.25) is 0 Å². The number of rotatable bonds is 0. The fraction of sp³-hybridized carbons (Fsp3) is 0.529. The number of aliphatic hydroxyl groups excluding tert-OH is 1. The number of phenolic OH excluding ortho intramolecular Hbond substituents is 1. The van der Waals surface area contributed by atoms with Crippen molar-refractivity contribution < 1.29 is 59.9 Å². The van der Waals surface area contributed by atoms with Gasteiger partial charge in [0.05, 0.1) is 0 Å². The molecule has 0 aromatic heterocycles. The van der Waals surface area contributed by atoms with E-state index >= 15 is 0 Å². The molecule has 2 aliphatic carbocycles. The Kier molecular flexibility index (Phi) is 10.3. The molecule has 1 saturated heterocycles. The Hall–Kier alpha value is -1.85. The van der Waals surface area contributed by atoms with E-state index in [0.717, 1.165) is 19.4 Å². The molecule has 0 unspecified atom stereocenters. The first-order valence-corrected chi connectivity index (χ1v) is 9.81. The second-order valence-electron chi connectivity index (χ2n) is 7.38. The molecule has 13 nitrogen and oxygen atoms in total. The second kappa shape index (κ2) is 10.2. The lowest BCUT2D eigenvalue weighted by Crippen LogP contribution is -2.64. The Balaban J connectivity index is 0. The van der Waals surface area contributed by atoms with E-state index in [9.17, 15) is 10.2 Å². The highest BCUT2D eigenvalue weighted by molar-refractivity contribution is 7.79. The number of aliphatic hydroxyl groups is 1. The highest BCUT2D eigenvalue weighted by Gasteiger charge is 2.64. The lowest BCUT2D eigenvalue weighted by molar-refractivity contribution is -0.0453. The standard InChI is InChI=1S/C17H19NO3.H2O4S.5H2O/c1-18-7-6-17-10-3-5-13(20)16(17)21-15-12(19)4-2-9(14(15)17)8-11(10)18;1-5(2,3)4;;;;;/h2-5,10-11,13,16,19-20H,6-8H2,1H3;(H2,1,2,3,4);5*1H2/t10-,11+,13-,16-,17-;;;;;;/m0....../s1. The number of aromatic hydroxyl groups is 1. The first kappa shape index (κ1) is 31.3. The molecule has 182 valence electrons. The average molecular weight is 473 g/mol. The van der Waals surface area contributed by atoms with Gasteiger partial charge in [-0.3, -0.25) is 9.11 Å². The lowest BCUT2D eigenvalue weighted by Gasteiger charge is -2.56. The van der Waals surface area contributed by atoms with Crippen molar-refractivity contribution in [2.24, 2.45) is 5.92 Å². The number of ether oxygens (including phenoxy) is 1. The van der Waals surface area contributed by atoms with Crippen LogP contribution in [0.25, 0.3) is 0 Å². The molecule has 0 radical (unpaired) electrons. The molecule has 1 spiro atoms. The van der Waals surface area contributed by atoms with Crippen molar-refractivity contribution in [2.75, 3.05) is 13.6 Å². The largest absolute Gasteiger partial charge is 0.504 e. The van der Waals surface area contributed by atoms with Gasteiger partial charge in [-0.25, -0.2) is 0 Å². The Labute approximate surface area is 178 Å². The zero-order chi connectivity index (χ0) is 18.9. The zero-order valence-electron chi connectivity index (χ0n) is 16.6. The molecule has 2 bridgehead atoms.